The van der Waals surface area contributed by atoms with Crippen LogP contribution in [0.15, 0.2) is 16.5 Å². The van der Waals surface area contributed by atoms with Gasteiger partial charge in [0.05, 0.1) is 6.61 Å². The minimum atomic E-state index is -0.195. The molecule has 1 saturated carbocycles. The smallest absolute Gasteiger partial charge is 0.287 e. The van der Waals surface area contributed by atoms with Crippen LogP contribution < -0.4 is 5.32 Å². The molecule has 0 spiro atoms. The lowest BCUT2D eigenvalue weighted by molar-refractivity contribution is 0.0906. The van der Waals surface area contributed by atoms with Crippen LogP contribution in [0.5, 0.6) is 0 Å². The van der Waals surface area contributed by atoms with E-state index in [2.05, 4.69) is 5.32 Å². The molecule has 1 aliphatic rings. The highest BCUT2D eigenvalue weighted by Gasteiger charge is 2.42. The van der Waals surface area contributed by atoms with Crippen molar-refractivity contribution in [3.8, 4) is 0 Å². The molecule has 0 unspecified atom stereocenters. The van der Waals surface area contributed by atoms with Crippen molar-refractivity contribution in [2.75, 3.05) is 13.2 Å². The van der Waals surface area contributed by atoms with Crippen molar-refractivity contribution in [1.29, 1.82) is 0 Å². The molecule has 1 aliphatic carbocycles. The van der Waals surface area contributed by atoms with E-state index in [1.807, 2.05) is 13.0 Å². The van der Waals surface area contributed by atoms with Crippen molar-refractivity contribution in [3.05, 3.63) is 23.7 Å². The Hall–Kier alpha value is -1.29. The molecule has 0 aliphatic heterocycles. The van der Waals surface area contributed by atoms with Crippen molar-refractivity contribution in [2.24, 2.45) is 5.41 Å². The molecule has 0 aromatic carbocycles. The summed E-state index contributed by atoms with van der Waals surface area (Å²) in [7, 11) is 0. The topological polar surface area (TPSA) is 62.5 Å². The van der Waals surface area contributed by atoms with Gasteiger partial charge in [-0.2, -0.15) is 0 Å². The fourth-order valence-electron chi connectivity index (χ4n) is 1.61. The van der Waals surface area contributed by atoms with Gasteiger partial charge in [0.15, 0.2) is 5.76 Å². The maximum absolute atomic E-state index is 11.7. The Labute approximate surface area is 94.6 Å². The Bertz CT molecular complexity index is 379. The molecule has 0 radical (unpaired) electrons. The molecule has 16 heavy (non-hydrogen) atoms. The third kappa shape index (κ3) is 2.27. The van der Waals surface area contributed by atoms with Crippen LogP contribution in [0.2, 0.25) is 0 Å². The lowest BCUT2D eigenvalue weighted by Crippen LogP contribution is -2.31. The van der Waals surface area contributed by atoms with Gasteiger partial charge in [0, 0.05) is 18.4 Å². The van der Waals surface area contributed by atoms with E-state index in [9.17, 15) is 4.79 Å². The molecule has 1 heterocycles. The van der Waals surface area contributed by atoms with Crippen LogP contribution in [-0.4, -0.2) is 24.2 Å². The Morgan fingerprint density at radius 3 is 2.81 bits per heavy atom. The summed E-state index contributed by atoms with van der Waals surface area (Å²) < 4.78 is 5.34. The highest BCUT2D eigenvalue weighted by Crippen LogP contribution is 2.44. The number of furan rings is 1. The summed E-state index contributed by atoms with van der Waals surface area (Å²) in [5, 5.41) is 11.9. The summed E-state index contributed by atoms with van der Waals surface area (Å²) in [5.74, 6) is 0.971. The molecule has 1 amide bonds. The van der Waals surface area contributed by atoms with E-state index in [0.717, 1.165) is 25.0 Å². The number of amides is 1. The van der Waals surface area contributed by atoms with Crippen molar-refractivity contribution < 1.29 is 14.3 Å². The minimum Gasteiger partial charge on any atom is -0.456 e. The zero-order valence-electron chi connectivity index (χ0n) is 9.45. The third-order valence-electron chi connectivity index (χ3n) is 3.15. The first-order valence-corrected chi connectivity index (χ1v) is 5.67. The molecule has 1 aromatic heterocycles. The van der Waals surface area contributed by atoms with Gasteiger partial charge in [-0.15, -0.1) is 0 Å². The Morgan fingerprint density at radius 1 is 1.56 bits per heavy atom. The van der Waals surface area contributed by atoms with Gasteiger partial charge in [-0.1, -0.05) is 6.92 Å². The van der Waals surface area contributed by atoms with E-state index in [4.69, 9.17) is 9.52 Å². The maximum atomic E-state index is 11.7. The zero-order chi connectivity index (χ0) is 11.6. The average Bonchev–Trinajstić information content (AvgIpc) is 2.94. The number of aliphatic hydroxyl groups excluding tert-OH is 1. The molecule has 0 saturated heterocycles. The zero-order valence-corrected chi connectivity index (χ0v) is 9.45. The van der Waals surface area contributed by atoms with E-state index in [1.165, 1.54) is 0 Å². The first-order chi connectivity index (χ1) is 7.69. The second-order valence-corrected chi connectivity index (χ2v) is 4.46. The number of aliphatic hydroxyl groups is 1. The predicted molar refractivity (Wildman–Crippen MR) is 59.2 cm³/mol. The largest absolute Gasteiger partial charge is 0.456 e. The van der Waals surface area contributed by atoms with Crippen LogP contribution in [0.3, 0.4) is 0 Å². The summed E-state index contributed by atoms with van der Waals surface area (Å²) in [6.45, 7) is 2.65. The second-order valence-electron chi connectivity index (χ2n) is 4.46. The van der Waals surface area contributed by atoms with Gasteiger partial charge >= 0.3 is 0 Å². The summed E-state index contributed by atoms with van der Waals surface area (Å²) in [6, 6.07) is 3.50. The first-order valence-electron chi connectivity index (χ1n) is 5.67. The Balaban J connectivity index is 1.88. The molecule has 88 valence electrons. The first kappa shape index (κ1) is 11.2. The van der Waals surface area contributed by atoms with Gasteiger partial charge in [-0.05, 0) is 25.0 Å². The number of carbonyl (C=O) groups is 1. The quantitative estimate of drug-likeness (QED) is 0.792. The molecule has 2 N–H and O–H groups in total. The highest BCUT2D eigenvalue weighted by atomic mass is 16.3. The van der Waals surface area contributed by atoms with Gasteiger partial charge in [-0.3, -0.25) is 4.79 Å². The van der Waals surface area contributed by atoms with Gasteiger partial charge < -0.3 is 14.8 Å². The van der Waals surface area contributed by atoms with Crippen LogP contribution in [0.25, 0.3) is 0 Å². The SMILES string of the molecule is CCc1ccc(C(=O)NCC2(CO)CC2)o1. The number of nitrogens with one attached hydrogen (secondary N) is 1. The minimum absolute atomic E-state index is 0.0597. The van der Waals surface area contributed by atoms with Gasteiger partial charge in [0.2, 0.25) is 0 Å². The van der Waals surface area contributed by atoms with Crippen molar-refractivity contribution in [2.45, 2.75) is 26.2 Å². The van der Waals surface area contributed by atoms with Crippen molar-refractivity contribution in [3.63, 3.8) is 0 Å². The van der Waals surface area contributed by atoms with E-state index >= 15 is 0 Å². The number of rotatable bonds is 5. The van der Waals surface area contributed by atoms with E-state index < -0.39 is 0 Å². The van der Waals surface area contributed by atoms with Crippen LogP contribution in [0.1, 0.15) is 36.1 Å². The Kier molecular flexibility index (Phi) is 3.01. The Morgan fingerprint density at radius 2 is 2.31 bits per heavy atom. The molecule has 4 nitrogen and oxygen atoms in total. The molecule has 4 heteroatoms. The van der Waals surface area contributed by atoms with Crippen LogP contribution in [0.4, 0.5) is 0 Å². The molecular weight excluding hydrogens is 206 g/mol. The summed E-state index contributed by atoms with van der Waals surface area (Å²) in [6.07, 6.45) is 2.76. The monoisotopic (exact) mass is 223 g/mol. The maximum Gasteiger partial charge on any atom is 0.287 e. The van der Waals surface area contributed by atoms with Crippen LogP contribution >= 0.6 is 0 Å². The van der Waals surface area contributed by atoms with E-state index in [1.54, 1.807) is 6.07 Å². The predicted octanol–water partition coefficient (Wildman–Crippen LogP) is 1.34. The van der Waals surface area contributed by atoms with Gasteiger partial charge in [0.1, 0.15) is 5.76 Å². The lowest BCUT2D eigenvalue weighted by Gasteiger charge is -2.11. The molecule has 1 aromatic rings. The normalized spacial score (nSPS) is 17.1. The molecular formula is C12H17NO3. The van der Waals surface area contributed by atoms with Gasteiger partial charge in [-0.25, -0.2) is 0 Å². The van der Waals surface area contributed by atoms with Crippen molar-refractivity contribution >= 4 is 5.91 Å². The molecule has 0 atom stereocenters. The lowest BCUT2D eigenvalue weighted by atomic mass is 10.1. The third-order valence-corrected chi connectivity index (χ3v) is 3.15. The molecule has 1 fully saturated rings. The van der Waals surface area contributed by atoms with E-state index in [-0.39, 0.29) is 17.9 Å². The fourth-order valence-corrected chi connectivity index (χ4v) is 1.61. The fraction of sp³-hybridized carbons (Fsp3) is 0.583. The standard InChI is InChI=1S/C12H17NO3/c1-2-9-3-4-10(16-9)11(15)13-7-12(8-14)5-6-12/h3-4,14H,2,5-8H2,1H3,(H,13,15). The van der Waals surface area contributed by atoms with Crippen LogP contribution in [0, 0.1) is 5.41 Å². The highest BCUT2D eigenvalue weighted by molar-refractivity contribution is 5.91. The number of hydrogen-bond acceptors (Lipinski definition) is 3. The van der Waals surface area contributed by atoms with Crippen LogP contribution in [-0.2, 0) is 6.42 Å². The summed E-state index contributed by atoms with van der Waals surface area (Å²) in [5.41, 5.74) is -0.0597. The average molecular weight is 223 g/mol. The second kappa shape index (κ2) is 4.29. The summed E-state index contributed by atoms with van der Waals surface area (Å²) in [4.78, 5) is 11.7. The number of aryl methyl sites for hydroxylation is 1. The molecule has 0 bridgehead atoms. The molecule has 2 rings (SSSR count). The summed E-state index contributed by atoms with van der Waals surface area (Å²) >= 11 is 0. The number of carbonyl (C=O) groups excluding carboxylic acids is 1. The van der Waals surface area contributed by atoms with E-state index in [0.29, 0.717) is 12.3 Å². The van der Waals surface area contributed by atoms with Gasteiger partial charge in [0.25, 0.3) is 5.91 Å². The number of hydrogen-bond donors (Lipinski definition) is 2. The van der Waals surface area contributed by atoms with Crippen molar-refractivity contribution in [1.82, 2.24) is 5.32 Å².